The Morgan fingerprint density at radius 1 is 0.917 bits per heavy atom. The molecule has 0 fully saturated rings. The summed E-state index contributed by atoms with van der Waals surface area (Å²) in [7, 11) is -1.27. The summed E-state index contributed by atoms with van der Waals surface area (Å²) in [6.07, 6.45) is 6.10. The van der Waals surface area contributed by atoms with Crippen LogP contribution in [0.3, 0.4) is 0 Å². The minimum absolute atomic E-state index is 0.679. The Balaban J connectivity index is 1.88. The van der Waals surface area contributed by atoms with Gasteiger partial charge in [-0.15, -0.1) is 0 Å². The minimum atomic E-state index is -1.27. The van der Waals surface area contributed by atoms with Crippen LogP contribution in [0, 0.1) is 0 Å². The highest BCUT2D eigenvalue weighted by Gasteiger charge is 2.20. The van der Waals surface area contributed by atoms with E-state index in [1.54, 1.807) is 5.57 Å². The molecular formula is C23H28Si. The molecule has 0 bridgehead atoms. The zero-order chi connectivity index (χ0) is 17.0. The molecule has 1 heteroatoms. The zero-order valence-corrected chi connectivity index (χ0v) is 16.1. The van der Waals surface area contributed by atoms with Crippen LogP contribution in [0.1, 0.15) is 36.3 Å². The zero-order valence-electron chi connectivity index (χ0n) is 15.1. The van der Waals surface area contributed by atoms with Crippen molar-refractivity contribution in [2.45, 2.75) is 44.8 Å². The number of benzene rings is 2. The SMILES string of the molecule is C[Si](C)(C)/C=C(/C1=CCC(c2ccccc2)CC1)c1ccccc1. The average Bonchev–Trinajstić information content (AvgIpc) is 2.61. The van der Waals surface area contributed by atoms with Gasteiger partial charge in [0.2, 0.25) is 0 Å². The maximum absolute atomic E-state index is 2.58. The molecule has 0 amide bonds. The molecule has 2 aromatic rings. The summed E-state index contributed by atoms with van der Waals surface area (Å²) in [6.45, 7) is 7.27. The second-order valence-electron chi connectivity index (χ2n) is 7.90. The van der Waals surface area contributed by atoms with Gasteiger partial charge in [0.1, 0.15) is 0 Å². The molecule has 0 aromatic heterocycles. The quantitative estimate of drug-likeness (QED) is 0.538. The molecule has 1 aliphatic rings. The first-order valence-electron chi connectivity index (χ1n) is 9.05. The fraction of sp³-hybridized carbons (Fsp3) is 0.304. The van der Waals surface area contributed by atoms with Gasteiger partial charge in [-0.05, 0) is 47.5 Å². The van der Waals surface area contributed by atoms with Crippen LogP contribution in [0.4, 0.5) is 0 Å². The van der Waals surface area contributed by atoms with Gasteiger partial charge in [0.15, 0.2) is 0 Å². The summed E-state index contributed by atoms with van der Waals surface area (Å²) in [4.78, 5) is 0. The second kappa shape index (κ2) is 7.35. The fourth-order valence-corrected chi connectivity index (χ4v) is 4.74. The van der Waals surface area contributed by atoms with Gasteiger partial charge in [-0.1, -0.05) is 92.1 Å². The smallest absolute Gasteiger partial charge is 0.0695 e. The summed E-state index contributed by atoms with van der Waals surface area (Å²) in [5.41, 5.74) is 8.49. The molecule has 0 N–H and O–H groups in total. The monoisotopic (exact) mass is 332 g/mol. The molecule has 3 rings (SSSR count). The predicted molar refractivity (Wildman–Crippen MR) is 109 cm³/mol. The van der Waals surface area contributed by atoms with Crippen molar-refractivity contribution >= 4 is 13.6 Å². The maximum atomic E-state index is 2.58. The van der Waals surface area contributed by atoms with Crippen LogP contribution in [0.2, 0.25) is 19.6 Å². The van der Waals surface area contributed by atoms with E-state index in [9.17, 15) is 0 Å². The van der Waals surface area contributed by atoms with Crippen molar-refractivity contribution in [3.63, 3.8) is 0 Å². The molecule has 2 aromatic carbocycles. The van der Waals surface area contributed by atoms with E-state index >= 15 is 0 Å². The summed E-state index contributed by atoms with van der Waals surface area (Å²) in [5, 5.41) is 0. The fourth-order valence-electron chi connectivity index (χ4n) is 3.52. The largest absolute Gasteiger partial charge is 0.0871 e. The van der Waals surface area contributed by atoms with Crippen LogP contribution >= 0.6 is 0 Å². The third kappa shape index (κ3) is 4.36. The Hall–Kier alpha value is -1.86. The normalized spacial score (nSPS) is 19.0. The number of hydrogen-bond acceptors (Lipinski definition) is 0. The van der Waals surface area contributed by atoms with Gasteiger partial charge in [-0.3, -0.25) is 0 Å². The molecule has 0 saturated heterocycles. The average molecular weight is 333 g/mol. The third-order valence-corrected chi connectivity index (χ3v) is 5.84. The van der Waals surface area contributed by atoms with Crippen LogP contribution in [0.25, 0.3) is 5.57 Å². The van der Waals surface area contributed by atoms with E-state index in [0.29, 0.717) is 5.92 Å². The van der Waals surface area contributed by atoms with E-state index in [-0.39, 0.29) is 0 Å². The first-order valence-corrected chi connectivity index (χ1v) is 12.6. The number of allylic oxidation sites excluding steroid dienone is 3. The molecule has 0 saturated carbocycles. The predicted octanol–water partition coefficient (Wildman–Crippen LogP) is 6.84. The van der Waals surface area contributed by atoms with Crippen molar-refractivity contribution in [1.29, 1.82) is 0 Å². The molecular weight excluding hydrogens is 304 g/mol. The van der Waals surface area contributed by atoms with Crippen molar-refractivity contribution in [3.8, 4) is 0 Å². The van der Waals surface area contributed by atoms with Gasteiger partial charge >= 0.3 is 0 Å². The first kappa shape index (κ1) is 17.0. The van der Waals surface area contributed by atoms with E-state index in [2.05, 4.69) is 92.1 Å². The number of rotatable bonds is 4. The second-order valence-corrected chi connectivity index (χ2v) is 12.9. The molecule has 0 radical (unpaired) electrons. The van der Waals surface area contributed by atoms with Crippen molar-refractivity contribution in [2.75, 3.05) is 0 Å². The lowest BCUT2D eigenvalue weighted by molar-refractivity contribution is 0.607. The minimum Gasteiger partial charge on any atom is -0.0871 e. The van der Waals surface area contributed by atoms with E-state index in [0.717, 1.165) is 6.42 Å². The lowest BCUT2D eigenvalue weighted by Gasteiger charge is -2.25. The highest BCUT2D eigenvalue weighted by Crippen LogP contribution is 2.38. The van der Waals surface area contributed by atoms with E-state index < -0.39 is 8.07 Å². The summed E-state index contributed by atoms with van der Waals surface area (Å²) < 4.78 is 0. The molecule has 0 heterocycles. The molecule has 1 unspecified atom stereocenters. The maximum Gasteiger partial charge on any atom is 0.0695 e. The Kier molecular flexibility index (Phi) is 5.20. The van der Waals surface area contributed by atoms with Gasteiger partial charge in [-0.25, -0.2) is 0 Å². The van der Waals surface area contributed by atoms with Gasteiger partial charge in [0, 0.05) is 0 Å². The standard InChI is InChI=1S/C23H28Si/c1-24(2,3)18-23(21-12-8-5-9-13-21)22-16-14-20(15-17-22)19-10-6-4-7-11-19/h4-13,16,18,20H,14-15,17H2,1-3H3/b23-18+. The molecule has 124 valence electrons. The molecule has 0 aliphatic heterocycles. The van der Waals surface area contributed by atoms with Gasteiger partial charge in [0.25, 0.3) is 0 Å². The van der Waals surface area contributed by atoms with E-state index in [1.807, 2.05) is 0 Å². The topological polar surface area (TPSA) is 0 Å². The van der Waals surface area contributed by atoms with Crippen LogP contribution in [0.5, 0.6) is 0 Å². The summed E-state index contributed by atoms with van der Waals surface area (Å²) >= 11 is 0. The lowest BCUT2D eigenvalue weighted by atomic mass is 9.81. The van der Waals surface area contributed by atoms with Crippen LogP contribution in [-0.2, 0) is 0 Å². The number of hydrogen-bond donors (Lipinski definition) is 0. The Morgan fingerprint density at radius 3 is 2.08 bits per heavy atom. The highest BCUT2D eigenvalue weighted by molar-refractivity contribution is 6.81. The molecule has 1 aliphatic carbocycles. The lowest BCUT2D eigenvalue weighted by Crippen LogP contribution is -2.17. The highest BCUT2D eigenvalue weighted by atomic mass is 28.3. The molecule has 24 heavy (non-hydrogen) atoms. The molecule has 1 atom stereocenters. The van der Waals surface area contributed by atoms with Crippen LogP contribution in [0.15, 0.2) is 78.0 Å². The van der Waals surface area contributed by atoms with E-state index in [4.69, 9.17) is 0 Å². The third-order valence-electron chi connectivity index (χ3n) is 4.69. The van der Waals surface area contributed by atoms with Crippen molar-refractivity contribution in [3.05, 3.63) is 89.1 Å². The van der Waals surface area contributed by atoms with Gasteiger partial charge in [0.05, 0.1) is 8.07 Å². The van der Waals surface area contributed by atoms with Crippen molar-refractivity contribution < 1.29 is 0 Å². The first-order chi connectivity index (χ1) is 11.5. The Bertz CT molecular complexity index is 718. The molecule has 0 spiro atoms. The summed E-state index contributed by atoms with van der Waals surface area (Å²) in [5.74, 6) is 0.679. The van der Waals surface area contributed by atoms with E-state index in [1.165, 1.54) is 29.5 Å². The molecule has 0 nitrogen and oxygen atoms in total. The van der Waals surface area contributed by atoms with Crippen molar-refractivity contribution in [2.24, 2.45) is 0 Å². The Morgan fingerprint density at radius 2 is 1.54 bits per heavy atom. The summed E-state index contributed by atoms with van der Waals surface area (Å²) in [6, 6.07) is 21.9. The van der Waals surface area contributed by atoms with Crippen LogP contribution < -0.4 is 0 Å². The Labute approximate surface area is 147 Å². The van der Waals surface area contributed by atoms with Crippen LogP contribution in [-0.4, -0.2) is 8.07 Å². The van der Waals surface area contributed by atoms with Gasteiger partial charge < -0.3 is 0 Å². The van der Waals surface area contributed by atoms with Crippen molar-refractivity contribution in [1.82, 2.24) is 0 Å². The van der Waals surface area contributed by atoms with Gasteiger partial charge in [-0.2, -0.15) is 0 Å².